The Labute approximate surface area is 96.0 Å². The Morgan fingerprint density at radius 2 is 1.88 bits per heavy atom. The Bertz CT molecular complexity index is 413. The second-order valence-corrected chi connectivity index (χ2v) is 4.24. The zero-order valence-corrected chi connectivity index (χ0v) is 8.87. The maximum absolute atomic E-state index is 12.2. The van der Waals surface area contributed by atoms with Crippen LogP contribution in [0.15, 0.2) is 24.3 Å². The number of aliphatic hydroxyl groups is 1. The quantitative estimate of drug-likeness (QED) is 0.839. The van der Waals surface area contributed by atoms with Crippen molar-refractivity contribution in [3.63, 3.8) is 0 Å². The summed E-state index contributed by atoms with van der Waals surface area (Å²) in [4.78, 5) is 0. The maximum Gasteiger partial charge on any atom is 0.573 e. The fourth-order valence-corrected chi connectivity index (χ4v) is 2.09. The summed E-state index contributed by atoms with van der Waals surface area (Å²) < 4.78 is 40.4. The molecule has 0 unspecified atom stereocenters. The molecule has 0 radical (unpaired) electrons. The topological polar surface area (TPSA) is 55.5 Å². The minimum atomic E-state index is -4.77. The molecule has 17 heavy (non-hydrogen) atoms. The van der Waals surface area contributed by atoms with Crippen LogP contribution in [0.2, 0.25) is 0 Å². The number of nitrogens with two attached hydrogens (primary N) is 1. The van der Waals surface area contributed by atoms with Crippen LogP contribution in [0.5, 0.6) is 5.75 Å². The van der Waals surface area contributed by atoms with Crippen molar-refractivity contribution in [1.29, 1.82) is 0 Å². The van der Waals surface area contributed by atoms with Gasteiger partial charge in [0.05, 0.1) is 5.60 Å². The lowest BCUT2D eigenvalue weighted by atomic mass is 9.71. The van der Waals surface area contributed by atoms with Crippen molar-refractivity contribution in [3.8, 4) is 5.75 Å². The average Bonchev–Trinajstić information content (AvgIpc) is 2.13. The molecule has 2 rings (SSSR count). The van der Waals surface area contributed by atoms with Gasteiger partial charge in [-0.25, -0.2) is 0 Å². The third-order valence-electron chi connectivity index (χ3n) is 2.81. The monoisotopic (exact) mass is 247 g/mol. The summed E-state index contributed by atoms with van der Waals surface area (Å²) in [6, 6.07) is 5.41. The van der Waals surface area contributed by atoms with Crippen LogP contribution in [0.25, 0.3) is 0 Å². The van der Waals surface area contributed by atoms with Crippen molar-refractivity contribution >= 4 is 0 Å². The van der Waals surface area contributed by atoms with E-state index in [1.165, 1.54) is 18.2 Å². The lowest BCUT2D eigenvalue weighted by molar-refractivity contribution is -0.275. The van der Waals surface area contributed by atoms with Crippen molar-refractivity contribution in [2.75, 3.05) is 0 Å². The smallest absolute Gasteiger partial charge is 0.405 e. The van der Waals surface area contributed by atoms with Crippen LogP contribution in [0.1, 0.15) is 18.4 Å². The molecule has 0 bridgehead atoms. The predicted octanol–water partition coefficient (Wildman–Crippen LogP) is 1.89. The van der Waals surface area contributed by atoms with Crippen molar-refractivity contribution in [2.45, 2.75) is 30.8 Å². The molecule has 0 aromatic heterocycles. The van der Waals surface area contributed by atoms with Crippen LogP contribution in [-0.2, 0) is 5.60 Å². The zero-order valence-electron chi connectivity index (χ0n) is 8.87. The molecule has 3 nitrogen and oxygen atoms in total. The highest BCUT2D eigenvalue weighted by Crippen LogP contribution is 2.44. The molecule has 0 saturated heterocycles. The second-order valence-electron chi connectivity index (χ2n) is 4.24. The lowest BCUT2D eigenvalue weighted by Gasteiger charge is -2.42. The average molecular weight is 247 g/mol. The molecular weight excluding hydrogens is 235 g/mol. The highest BCUT2D eigenvalue weighted by molar-refractivity contribution is 5.40. The minimum absolute atomic E-state index is 0.138. The highest BCUT2D eigenvalue weighted by Gasteiger charge is 2.45. The van der Waals surface area contributed by atoms with Gasteiger partial charge in [-0.2, -0.15) is 0 Å². The van der Waals surface area contributed by atoms with Gasteiger partial charge in [0.25, 0.3) is 0 Å². The van der Waals surface area contributed by atoms with Crippen LogP contribution < -0.4 is 10.5 Å². The van der Waals surface area contributed by atoms with E-state index in [2.05, 4.69) is 4.74 Å². The number of alkyl halides is 3. The van der Waals surface area contributed by atoms with E-state index in [4.69, 9.17) is 5.73 Å². The summed E-state index contributed by atoms with van der Waals surface area (Å²) in [7, 11) is 0. The van der Waals surface area contributed by atoms with E-state index in [1.54, 1.807) is 6.07 Å². The first-order valence-corrected chi connectivity index (χ1v) is 5.13. The normalized spacial score (nSPS) is 28.6. The van der Waals surface area contributed by atoms with Crippen molar-refractivity contribution in [3.05, 3.63) is 29.8 Å². The predicted molar refractivity (Wildman–Crippen MR) is 54.2 cm³/mol. The largest absolute Gasteiger partial charge is 0.573 e. The zero-order chi connectivity index (χ0) is 12.7. The molecule has 0 amide bonds. The summed E-state index contributed by atoms with van der Waals surface area (Å²) in [5.74, 6) is -0.366. The minimum Gasteiger partial charge on any atom is -0.405 e. The van der Waals surface area contributed by atoms with Crippen LogP contribution >= 0.6 is 0 Å². The summed E-state index contributed by atoms with van der Waals surface area (Å²) in [5.41, 5.74) is 4.38. The summed E-state index contributed by atoms with van der Waals surface area (Å²) in [6.45, 7) is 0. The van der Waals surface area contributed by atoms with E-state index in [0.717, 1.165) is 0 Å². The molecular formula is C11H12F3NO2. The van der Waals surface area contributed by atoms with Gasteiger partial charge < -0.3 is 15.6 Å². The molecule has 1 saturated carbocycles. The SMILES string of the molecule is NC1CC(O)(c2ccccc2OC(F)(F)F)C1. The molecule has 0 atom stereocenters. The number of para-hydroxylation sites is 1. The molecule has 1 aliphatic carbocycles. The number of halogens is 3. The Hall–Kier alpha value is -1.27. The van der Waals surface area contributed by atoms with Gasteiger partial charge in [-0.1, -0.05) is 18.2 Å². The number of rotatable bonds is 2. The lowest BCUT2D eigenvalue weighted by Crippen LogP contribution is -2.49. The summed E-state index contributed by atoms with van der Waals surface area (Å²) in [5, 5.41) is 10.1. The van der Waals surface area contributed by atoms with Gasteiger partial charge in [0.2, 0.25) is 0 Å². The first-order chi connectivity index (χ1) is 7.80. The first kappa shape index (κ1) is 12.2. The third-order valence-corrected chi connectivity index (χ3v) is 2.81. The van der Waals surface area contributed by atoms with E-state index < -0.39 is 12.0 Å². The Morgan fingerprint density at radius 3 is 2.41 bits per heavy atom. The fraction of sp³-hybridized carbons (Fsp3) is 0.455. The summed E-state index contributed by atoms with van der Waals surface area (Å²) in [6.07, 6.45) is -4.28. The van der Waals surface area contributed by atoms with Crippen molar-refractivity contribution in [1.82, 2.24) is 0 Å². The van der Waals surface area contributed by atoms with Crippen LogP contribution in [0.3, 0.4) is 0 Å². The molecule has 1 aliphatic rings. The Balaban J connectivity index is 2.28. The van der Waals surface area contributed by atoms with E-state index >= 15 is 0 Å². The fourth-order valence-electron chi connectivity index (χ4n) is 2.09. The molecule has 94 valence electrons. The molecule has 0 heterocycles. The molecule has 3 N–H and O–H groups in total. The standard InChI is InChI=1S/C11H12F3NO2/c12-11(13,14)17-9-4-2-1-3-8(9)10(16)5-7(15)6-10/h1-4,7,16H,5-6,15H2. The van der Waals surface area contributed by atoms with E-state index in [9.17, 15) is 18.3 Å². The van der Waals surface area contributed by atoms with Gasteiger partial charge in [-0.05, 0) is 18.9 Å². The molecule has 1 fully saturated rings. The Kier molecular flexibility index (Phi) is 2.79. The number of hydrogen-bond acceptors (Lipinski definition) is 3. The molecule has 1 aromatic carbocycles. The van der Waals surface area contributed by atoms with Gasteiger partial charge in [0, 0.05) is 11.6 Å². The van der Waals surface area contributed by atoms with Gasteiger partial charge in [-0.15, -0.1) is 13.2 Å². The highest BCUT2D eigenvalue weighted by atomic mass is 19.4. The van der Waals surface area contributed by atoms with Crippen LogP contribution in [0.4, 0.5) is 13.2 Å². The summed E-state index contributed by atoms with van der Waals surface area (Å²) >= 11 is 0. The van der Waals surface area contributed by atoms with Crippen LogP contribution in [-0.4, -0.2) is 17.5 Å². The third kappa shape index (κ3) is 2.53. The van der Waals surface area contributed by atoms with Crippen LogP contribution in [0, 0.1) is 0 Å². The molecule has 0 spiro atoms. The van der Waals surface area contributed by atoms with Crippen molar-refractivity contribution in [2.24, 2.45) is 5.73 Å². The second kappa shape index (κ2) is 3.89. The van der Waals surface area contributed by atoms with Crippen molar-refractivity contribution < 1.29 is 23.0 Å². The Morgan fingerprint density at radius 1 is 1.29 bits per heavy atom. The molecule has 1 aromatic rings. The van der Waals surface area contributed by atoms with Gasteiger partial charge in [-0.3, -0.25) is 0 Å². The van der Waals surface area contributed by atoms with Gasteiger partial charge in [0.15, 0.2) is 0 Å². The molecule has 6 heteroatoms. The van der Waals surface area contributed by atoms with E-state index in [0.29, 0.717) is 0 Å². The number of ether oxygens (including phenoxy) is 1. The van der Waals surface area contributed by atoms with Gasteiger partial charge >= 0.3 is 6.36 Å². The number of benzene rings is 1. The van der Waals surface area contributed by atoms with Gasteiger partial charge in [0.1, 0.15) is 5.75 Å². The van der Waals surface area contributed by atoms with E-state index in [-0.39, 0.29) is 30.2 Å². The number of hydrogen-bond donors (Lipinski definition) is 2. The van der Waals surface area contributed by atoms with E-state index in [1.807, 2.05) is 0 Å². The molecule has 0 aliphatic heterocycles. The first-order valence-electron chi connectivity index (χ1n) is 5.13. The maximum atomic E-state index is 12.2.